The Bertz CT molecular complexity index is 3620. The van der Waals surface area contributed by atoms with Crippen molar-refractivity contribution in [1.29, 1.82) is 0 Å². The van der Waals surface area contributed by atoms with Gasteiger partial charge in [0.1, 0.15) is 0 Å². The first kappa shape index (κ1) is 42.4. The number of fused-ring (bicyclic) bond motifs is 8. The maximum Gasteiger partial charge on any atom is 0.264 e. The van der Waals surface area contributed by atoms with E-state index >= 15 is 0 Å². The van der Waals surface area contributed by atoms with Crippen molar-refractivity contribution >= 4 is 121 Å². The van der Waals surface area contributed by atoms with Gasteiger partial charge >= 0.3 is 0 Å². The van der Waals surface area contributed by atoms with Gasteiger partial charge in [0, 0.05) is 68.9 Å². The van der Waals surface area contributed by atoms with Crippen LogP contribution in [0.3, 0.4) is 0 Å². The summed E-state index contributed by atoms with van der Waals surface area (Å²) in [5.41, 5.74) is 22.1. The van der Waals surface area contributed by atoms with E-state index in [0.717, 1.165) is 0 Å². The van der Waals surface area contributed by atoms with Gasteiger partial charge in [-0.3, -0.25) is 0 Å². The smallest absolute Gasteiger partial charge is 0.264 e. The summed E-state index contributed by atoms with van der Waals surface area (Å²) in [7, 11) is 0. The molecule has 0 saturated carbocycles. The van der Waals surface area contributed by atoms with E-state index in [1.807, 2.05) is 34.0 Å². The zero-order valence-electron chi connectivity index (χ0n) is 40.1. The molecule has 5 heterocycles. The van der Waals surface area contributed by atoms with Gasteiger partial charge in [-0.05, 0) is 146 Å². The minimum atomic E-state index is 0.00258. The van der Waals surface area contributed by atoms with Crippen LogP contribution in [0.4, 0.5) is 34.1 Å². The summed E-state index contributed by atoms with van der Waals surface area (Å²) in [6.07, 6.45) is 0. The van der Waals surface area contributed by atoms with Gasteiger partial charge in [0.25, 0.3) is 6.71 Å². The first-order valence-corrected chi connectivity index (χ1v) is 26.4. The molecule has 3 aromatic heterocycles. The number of thiophene rings is 3. The Kier molecular flexibility index (Phi) is 9.69. The average molecular weight is 923 g/mol. The molecular weight excluding hydrogens is 868 g/mol. The summed E-state index contributed by atoms with van der Waals surface area (Å²) in [6.45, 7) is 23.5. The quantitative estimate of drug-likeness (QED) is 0.159. The van der Waals surface area contributed by atoms with E-state index in [1.54, 1.807) is 0 Å². The summed E-state index contributed by atoms with van der Waals surface area (Å²) in [6, 6.07) is 51.7. The Morgan fingerprint density at radius 1 is 0.507 bits per heavy atom. The van der Waals surface area contributed by atoms with E-state index in [0.29, 0.717) is 5.92 Å². The SMILES string of the molecule is Cc1cc(C(C)(C)C)cc(C)c1N1c2cc(C(C)C)cc3c2B(c2ccc(-c4csc5ccccc45)cc2N3c2cccc(-c3csc4ccccc34)c2)c2sc3ccc(C(C)(C)C)cc3c21. The van der Waals surface area contributed by atoms with E-state index in [2.05, 4.69) is 223 Å². The Hall–Kier alpha value is -5.92. The van der Waals surface area contributed by atoms with Crippen LogP contribution in [0.2, 0.25) is 0 Å². The van der Waals surface area contributed by atoms with Crippen molar-refractivity contribution in [2.24, 2.45) is 0 Å². The molecule has 0 bridgehead atoms. The lowest BCUT2D eigenvalue weighted by molar-refractivity contribution is 0.589. The van der Waals surface area contributed by atoms with Crippen molar-refractivity contribution in [2.75, 3.05) is 9.80 Å². The van der Waals surface area contributed by atoms with Gasteiger partial charge in [0.15, 0.2) is 0 Å². The fourth-order valence-electron chi connectivity index (χ4n) is 10.9. The van der Waals surface area contributed by atoms with Gasteiger partial charge in [-0.15, -0.1) is 34.0 Å². The molecule has 0 radical (unpaired) electrons. The maximum atomic E-state index is 2.71. The summed E-state index contributed by atoms with van der Waals surface area (Å²) in [5.74, 6) is 0.302. The number of anilines is 6. The summed E-state index contributed by atoms with van der Waals surface area (Å²) >= 11 is 5.66. The highest BCUT2D eigenvalue weighted by Crippen LogP contribution is 2.52. The lowest BCUT2D eigenvalue weighted by Crippen LogP contribution is -2.60. The van der Waals surface area contributed by atoms with Crippen LogP contribution in [0.5, 0.6) is 0 Å². The first-order chi connectivity index (χ1) is 32.1. The molecule has 2 aliphatic heterocycles. The summed E-state index contributed by atoms with van der Waals surface area (Å²) < 4.78 is 5.38. The third kappa shape index (κ3) is 6.69. The van der Waals surface area contributed by atoms with Crippen molar-refractivity contribution in [3.8, 4) is 22.3 Å². The zero-order valence-corrected chi connectivity index (χ0v) is 42.6. The highest BCUT2D eigenvalue weighted by Gasteiger charge is 2.46. The van der Waals surface area contributed by atoms with E-state index in [9.17, 15) is 0 Å². The topological polar surface area (TPSA) is 6.48 Å². The minimum Gasteiger partial charge on any atom is -0.311 e. The molecule has 330 valence electrons. The molecule has 0 N–H and O–H groups in total. The Morgan fingerprint density at radius 2 is 1.12 bits per heavy atom. The van der Waals surface area contributed by atoms with Crippen LogP contribution >= 0.6 is 34.0 Å². The van der Waals surface area contributed by atoms with E-state index < -0.39 is 0 Å². The number of hydrogen-bond acceptors (Lipinski definition) is 5. The number of hydrogen-bond donors (Lipinski definition) is 0. The lowest BCUT2D eigenvalue weighted by atomic mass is 9.36. The van der Waals surface area contributed by atoms with Crippen molar-refractivity contribution in [2.45, 2.75) is 86.0 Å². The van der Waals surface area contributed by atoms with E-state index in [4.69, 9.17) is 0 Å². The molecule has 67 heavy (non-hydrogen) atoms. The maximum absolute atomic E-state index is 2.71. The second-order valence-electron chi connectivity index (χ2n) is 21.3. The highest BCUT2D eigenvalue weighted by atomic mass is 32.1. The predicted molar refractivity (Wildman–Crippen MR) is 298 cm³/mol. The molecule has 0 atom stereocenters. The van der Waals surface area contributed by atoms with Gasteiger partial charge in [-0.25, -0.2) is 0 Å². The number of rotatable bonds is 5. The van der Waals surface area contributed by atoms with Gasteiger partial charge in [0.05, 0.1) is 11.4 Å². The van der Waals surface area contributed by atoms with Gasteiger partial charge in [-0.1, -0.05) is 134 Å². The molecule has 0 fully saturated rings. The molecule has 0 amide bonds. The molecule has 10 aromatic rings. The van der Waals surface area contributed by atoms with Crippen molar-refractivity contribution in [3.63, 3.8) is 0 Å². The highest BCUT2D eigenvalue weighted by molar-refractivity contribution is 7.33. The monoisotopic (exact) mass is 922 g/mol. The Labute approximate surface area is 408 Å². The third-order valence-electron chi connectivity index (χ3n) is 14.5. The molecule has 2 nitrogen and oxygen atoms in total. The van der Waals surface area contributed by atoms with Gasteiger partial charge in [-0.2, -0.15) is 0 Å². The zero-order chi connectivity index (χ0) is 46.3. The second-order valence-corrected chi connectivity index (χ2v) is 24.2. The first-order valence-electron chi connectivity index (χ1n) is 23.8. The molecule has 7 aromatic carbocycles. The number of aryl methyl sites for hydroxylation is 2. The normalized spacial score (nSPS) is 13.6. The van der Waals surface area contributed by atoms with Crippen LogP contribution in [0.15, 0.2) is 144 Å². The van der Waals surface area contributed by atoms with Crippen molar-refractivity contribution < 1.29 is 0 Å². The lowest BCUT2D eigenvalue weighted by Gasteiger charge is -2.44. The fraction of sp³-hybridized carbons (Fsp3) is 0.213. The average Bonchev–Trinajstić information content (AvgIpc) is 4.04. The molecule has 2 aliphatic rings. The molecule has 0 saturated heterocycles. The van der Waals surface area contributed by atoms with Crippen LogP contribution in [0.1, 0.15) is 89.1 Å². The van der Waals surface area contributed by atoms with Gasteiger partial charge in [0.2, 0.25) is 0 Å². The molecule has 12 rings (SSSR count). The van der Waals surface area contributed by atoms with Crippen LogP contribution in [0.25, 0.3) is 52.5 Å². The van der Waals surface area contributed by atoms with Gasteiger partial charge < -0.3 is 9.80 Å². The van der Waals surface area contributed by atoms with E-state index in [1.165, 1.54) is 130 Å². The molecule has 0 spiro atoms. The van der Waals surface area contributed by atoms with Crippen LogP contribution in [-0.2, 0) is 10.8 Å². The largest absolute Gasteiger partial charge is 0.311 e. The summed E-state index contributed by atoms with van der Waals surface area (Å²) in [4.78, 5) is 5.34. The Morgan fingerprint density at radius 3 is 1.75 bits per heavy atom. The summed E-state index contributed by atoms with van der Waals surface area (Å²) in [5, 5.41) is 8.65. The molecule has 6 heteroatoms. The fourth-order valence-corrected chi connectivity index (χ4v) is 14.2. The minimum absolute atomic E-state index is 0.00258. The van der Waals surface area contributed by atoms with Crippen LogP contribution in [-0.4, -0.2) is 6.71 Å². The molecule has 0 aliphatic carbocycles. The second kappa shape index (κ2) is 15.3. The predicted octanol–water partition coefficient (Wildman–Crippen LogP) is 17.1. The van der Waals surface area contributed by atoms with Crippen molar-refractivity contribution in [3.05, 3.63) is 172 Å². The number of nitrogens with zero attached hydrogens (tertiary/aromatic N) is 2. The van der Waals surface area contributed by atoms with Crippen molar-refractivity contribution in [1.82, 2.24) is 0 Å². The number of benzene rings is 7. The van der Waals surface area contributed by atoms with Crippen LogP contribution < -0.4 is 25.5 Å². The van der Waals surface area contributed by atoms with Crippen LogP contribution in [0, 0.1) is 13.8 Å². The third-order valence-corrected chi connectivity index (χ3v) is 17.6. The molecular formula is C61H55BN2S3. The standard InChI is InChI=1S/C61H55BN2S3/c1-35(2)40-30-51-56-52(31-40)64(57-36(3)26-42(27-37(57)4)61(8,9)10)58-46-32-41(60(5,6)7)23-25-55(46)67-59(58)62(56)49-24-22-39(48-34-66-54-21-14-12-19-45(48)54)29-50(49)63(51)43-17-15-16-38(28-43)47-33-65-53-20-13-11-18-44(47)53/h11-35H,1-10H3. The van der Waals surface area contributed by atoms with E-state index in [-0.39, 0.29) is 17.5 Å². The Balaban J connectivity index is 1.19. The molecule has 0 unspecified atom stereocenters.